The van der Waals surface area contributed by atoms with Crippen molar-refractivity contribution in [2.75, 3.05) is 6.61 Å². The Labute approximate surface area is 130 Å². The van der Waals surface area contributed by atoms with Gasteiger partial charge >= 0.3 is 5.97 Å². The zero-order chi connectivity index (χ0) is 15.2. The third-order valence-electron chi connectivity index (χ3n) is 2.58. The predicted molar refractivity (Wildman–Crippen MR) is 80.1 cm³/mol. The van der Waals surface area contributed by atoms with E-state index in [9.17, 15) is 9.59 Å². The van der Waals surface area contributed by atoms with Crippen molar-refractivity contribution in [2.45, 2.75) is 6.54 Å². The molecule has 7 heteroatoms. The number of carbonyl (C=O) groups is 2. The van der Waals surface area contributed by atoms with Crippen LogP contribution >= 0.6 is 22.9 Å². The van der Waals surface area contributed by atoms with Crippen LogP contribution in [-0.2, 0) is 11.3 Å². The molecule has 0 atom stereocenters. The second kappa shape index (κ2) is 7.10. The van der Waals surface area contributed by atoms with Crippen LogP contribution in [0.25, 0.3) is 0 Å². The topological polar surface area (TPSA) is 75.6 Å². The van der Waals surface area contributed by atoms with Crippen molar-refractivity contribution in [3.05, 3.63) is 51.2 Å². The molecule has 1 aromatic heterocycles. The molecule has 0 bridgehead atoms. The quantitative estimate of drug-likeness (QED) is 0.856. The fourth-order valence-electron chi connectivity index (χ4n) is 1.56. The number of halogens is 1. The molecule has 2 N–H and O–H groups in total. The normalized spacial score (nSPS) is 10.1. The number of rotatable bonds is 6. The molecule has 0 spiro atoms. The Hall–Kier alpha value is -2.05. The SMILES string of the molecule is O=C(COc1ccc(Cl)c(C(=O)O)c1)NCc1cccs1. The molecule has 0 fully saturated rings. The average molecular weight is 326 g/mol. The number of carbonyl (C=O) groups excluding carboxylic acids is 1. The van der Waals surface area contributed by atoms with Gasteiger partial charge in [-0.1, -0.05) is 17.7 Å². The molecular formula is C14H12ClNO4S. The zero-order valence-corrected chi connectivity index (χ0v) is 12.4. The Kier molecular flexibility index (Phi) is 5.19. The van der Waals surface area contributed by atoms with Crippen molar-refractivity contribution < 1.29 is 19.4 Å². The highest BCUT2D eigenvalue weighted by Gasteiger charge is 2.11. The van der Waals surface area contributed by atoms with Crippen LogP contribution in [0, 0.1) is 0 Å². The number of amides is 1. The van der Waals surface area contributed by atoms with Gasteiger partial charge in [-0.3, -0.25) is 4.79 Å². The molecule has 1 amide bonds. The number of carboxylic acid groups (broad SMARTS) is 1. The third kappa shape index (κ3) is 4.47. The first-order valence-electron chi connectivity index (χ1n) is 6.01. The van der Waals surface area contributed by atoms with Crippen LogP contribution in [0.2, 0.25) is 5.02 Å². The van der Waals surface area contributed by atoms with Crippen molar-refractivity contribution in [1.82, 2.24) is 5.32 Å². The Balaban J connectivity index is 1.86. The van der Waals surface area contributed by atoms with E-state index in [4.69, 9.17) is 21.4 Å². The van der Waals surface area contributed by atoms with Crippen molar-refractivity contribution in [1.29, 1.82) is 0 Å². The molecule has 0 saturated heterocycles. The Morgan fingerprint density at radius 2 is 2.14 bits per heavy atom. The van der Waals surface area contributed by atoms with Gasteiger partial charge in [-0.15, -0.1) is 11.3 Å². The molecule has 0 unspecified atom stereocenters. The Bertz CT molecular complexity index is 642. The van der Waals surface area contributed by atoms with Gasteiger partial charge in [-0.05, 0) is 29.6 Å². The lowest BCUT2D eigenvalue weighted by Crippen LogP contribution is -2.28. The van der Waals surface area contributed by atoms with Gasteiger partial charge in [0.25, 0.3) is 5.91 Å². The van der Waals surface area contributed by atoms with Gasteiger partial charge in [-0.25, -0.2) is 4.79 Å². The fourth-order valence-corrected chi connectivity index (χ4v) is 2.40. The minimum Gasteiger partial charge on any atom is -0.484 e. The van der Waals surface area contributed by atoms with E-state index < -0.39 is 5.97 Å². The Morgan fingerprint density at radius 1 is 1.33 bits per heavy atom. The van der Waals surface area contributed by atoms with Gasteiger partial charge in [0.1, 0.15) is 5.75 Å². The van der Waals surface area contributed by atoms with Crippen LogP contribution < -0.4 is 10.1 Å². The highest BCUT2D eigenvalue weighted by Crippen LogP contribution is 2.22. The number of hydrogen-bond donors (Lipinski definition) is 2. The molecule has 21 heavy (non-hydrogen) atoms. The molecule has 5 nitrogen and oxygen atoms in total. The summed E-state index contributed by atoms with van der Waals surface area (Å²) in [4.78, 5) is 23.6. The number of carboxylic acids is 1. The minimum atomic E-state index is -1.15. The molecular weight excluding hydrogens is 314 g/mol. The average Bonchev–Trinajstić information content (AvgIpc) is 2.97. The van der Waals surface area contributed by atoms with Crippen molar-refractivity contribution >= 4 is 34.8 Å². The van der Waals surface area contributed by atoms with E-state index in [0.717, 1.165) is 4.88 Å². The van der Waals surface area contributed by atoms with Gasteiger partial charge in [0.15, 0.2) is 6.61 Å². The smallest absolute Gasteiger partial charge is 0.337 e. The van der Waals surface area contributed by atoms with Gasteiger partial charge in [0, 0.05) is 4.88 Å². The predicted octanol–water partition coefficient (Wildman–Crippen LogP) is 2.79. The molecule has 0 saturated carbocycles. The summed E-state index contributed by atoms with van der Waals surface area (Å²) >= 11 is 7.30. The first-order valence-corrected chi connectivity index (χ1v) is 7.27. The van der Waals surface area contributed by atoms with E-state index in [1.807, 2.05) is 17.5 Å². The van der Waals surface area contributed by atoms with Crippen LogP contribution in [0.15, 0.2) is 35.7 Å². The number of benzene rings is 1. The maximum atomic E-state index is 11.6. The largest absolute Gasteiger partial charge is 0.484 e. The lowest BCUT2D eigenvalue weighted by molar-refractivity contribution is -0.123. The number of nitrogens with one attached hydrogen (secondary N) is 1. The molecule has 110 valence electrons. The standard InChI is InChI=1S/C14H12ClNO4S/c15-12-4-3-9(6-11(12)14(18)19)20-8-13(17)16-7-10-2-1-5-21-10/h1-6H,7-8H2,(H,16,17)(H,18,19). The molecule has 0 aliphatic heterocycles. The van der Waals surface area contributed by atoms with Crippen molar-refractivity contribution in [3.8, 4) is 5.75 Å². The van der Waals surface area contributed by atoms with E-state index in [-0.39, 0.29) is 28.8 Å². The summed E-state index contributed by atoms with van der Waals surface area (Å²) in [7, 11) is 0. The summed E-state index contributed by atoms with van der Waals surface area (Å²) in [5.41, 5.74) is -0.0619. The summed E-state index contributed by atoms with van der Waals surface area (Å²) < 4.78 is 5.25. The lowest BCUT2D eigenvalue weighted by atomic mass is 10.2. The minimum absolute atomic E-state index is 0.0619. The van der Waals surface area contributed by atoms with Crippen LogP contribution in [0.4, 0.5) is 0 Å². The van der Waals surface area contributed by atoms with E-state index in [2.05, 4.69) is 5.32 Å². The maximum Gasteiger partial charge on any atom is 0.337 e. The number of thiophene rings is 1. The molecule has 1 aromatic carbocycles. The van der Waals surface area contributed by atoms with Crippen LogP contribution in [0.5, 0.6) is 5.75 Å². The van der Waals surface area contributed by atoms with Crippen molar-refractivity contribution in [3.63, 3.8) is 0 Å². The molecule has 1 heterocycles. The monoisotopic (exact) mass is 325 g/mol. The van der Waals surface area contributed by atoms with Crippen LogP contribution in [0.1, 0.15) is 15.2 Å². The summed E-state index contributed by atoms with van der Waals surface area (Å²) in [6, 6.07) is 8.05. The Morgan fingerprint density at radius 3 is 2.81 bits per heavy atom. The molecule has 0 radical (unpaired) electrons. The highest BCUT2D eigenvalue weighted by atomic mass is 35.5. The highest BCUT2D eigenvalue weighted by molar-refractivity contribution is 7.09. The fraction of sp³-hybridized carbons (Fsp3) is 0.143. The van der Waals surface area contributed by atoms with Crippen molar-refractivity contribution in [2.24, 2.45) is 0 Å². The van der Waals surface area contributed by atoms with Crippen LogP contribution in [0.3, 0.4) is 0 Å². The summed E-state index contributed by atoms with van der Waals surface area (Å²) in [6.07, 6.45) is 0. The van der Waals surface area contributed by atoms with E-state index in [1.54, 1.807) is 11.3 Å². The van der Waals surface area contributed by atoms with E-state index >= 15 is 0 Å². The van der Waals surface area contributed by atoms with Gasteiger partial charge < -0.3 is 15.2 Å². The number of aromatic carboxylic acids is 1. The number of ether oxygens (including phenoxy) is 1. The lowest BCUT2D eigenvalue weighted by Gasteiger charge is -2.08. The molecule has 0 aliphatic rings. The molecule has 2 rings (SSSR count). The molecule has 0 aliphatic carbocycles. The summed E-state index contributed by atoms with van der Waals surface area (Å²) in [5.74, 6) is -1.15. The number of hydrogen-bond acceptors (Lipinski definition) is 4. The zero-order valence-electron chi connectivity index (χ0n) is 10.8. The second-order valence-corrected chi connectivity index (χ2v) is 5.53. The van der Waals surface area contributed by atoms with E-state index in [1.165, 1.54) is 18.2 Å². The van der Waals surface area contributed by atoms with Gasteiger partial charge in [-0.2, -0.15) is 0 Å². The maximum absolute atomic E-state index is 11.6. The third-order valence-corrected chi connectivity index (χ3v) is 3.78. The van der Waals surface area contributed by atoms with Crippen LogP contribution in [-0.4, -0.2) is 23.6 Å². The summed E-state index contributed by atoms with van der Waals surface area (Å²) in [5, 5.41) is 13.7. The second-order valence-electron chi connectivity index (χ2n) is 4.09. The molecule has 2 aromatic rings. The van der Waals surface area contributed by atoms with Gasteiger partial charge in [0.2, 0.25) is 0 Å². The summed E-state index contributed by atoms with van der Waals surface area (Å²) in [6.45, 7) is 0.257. The first-order chi connectivity index (χ1) is 10.1. The first kappa shape index (κ1) is 15.3. The van der Waals surface area contributed by atoms with Gasteiger partial charge in [0.05, 0.1) is 17.1 Å². The van der Waals surface area contributed by atoms with E-state index in [0.29, 0.717) is 6.54 Å².